The molecule has 3 aliphatic rings. The topological polar surface area (TPSA) is 0 Å². The molecule has 0 aliphatic heterocycles. The Kier molecular flexibility index (Phi) is 8.61. The van der Waals surface area contributed by atoms with Crippen LogP contribution in [0.15, 0.2) is 0 Å². The maximum Gasteiger partial charge on any atom is 0.435 e. The molecule has 6 unspecified atom stereocenters. The highest BCUT2D eigenvalue weighted by molar-refractivity contribution is 5.48. The van der Waals surface area contributed by atoms with Crippen molar-refractivity contribution >= 4 is 0 Å². The van der Waals surface area contributed by atoms with Crippen LogP contribution in [0.3, 0.4) is 0 Å². The third kappa shape index (κ3) is 3.43. The largest absolute Gasteiger partial charge is 0.435 e. The van der Waals surface area contributed by atoms with Gasteiger partial charge in [-0.05, 0) is 0 Å². The quantitative estimate of drug-likeness (QED) is 0.242. The molecule has 0 aromatic carbocycles. The van der Waals surface area contributed by atoms with E-state index in [-0.39, 0.29) is 0 Å². The summed E-state index contributed by atoms with van der Waals surface area (Å²) in [7, 11) is 0. The van der Waals surface area contributed by atoms with Gasteiger partial charge in [-0.2, -0.15) is 132 Å². The van der Waals surface area contributed by atoms with E-state index in [4.69, 9.17) is 0 Å². The van der Waals surface area contributed by atoms with Crippen LogP contribution in [0.2, 0.25) is 0 Å². The lowest BCUT2D eigenvalue weighted by atomic mass is 9.48. The average molecular weight is 924 g/mol. The summed E-state index contributed by atoms with van der Waals surface area (Å²) in [6.07, 6.45) is -18.8. The van der Waals surface area contributed by atoms with Crippen LogP contribution in [-0.2, 0) is 0 Å². The molecule has 0 amide bonds. The zero-order valence-electron chi connectivity index (χ0n) is 23.6. The maximum atomic E-state index is 15.9. The first-order valence-electron chi connectivity index (χ1n) is 12.3. The Morgan fingerprint density at radius 3 is 0.464 bits per heavy atom. The van der Waals surface area contributed by atoms with Crippen molar-refractivity contribution in [3.05, 3.63) is 0 Å². The monoisotopic (exact) mass is 924 g/mol. The fourth-order valence-electron chi connectivity index (χ4n) is 6.23. The second-order valence-electron chi connectivity index (χ2n) is 11.8. The lowest BCUT2D eigenvalue weighted by molar-refractivity contribution is -0.572. The van der Waals surface area contributed by atoms with Crippen LogP contribution in [0.5, 0.6) is 0 Å². The highest BCUT2D eigenvalue weighted by Crippen LogP contribution is 2.85. The molecule has 0 heterocycles. The van der Waals surface area contributed by atoms with Crippen LogP contribution in [0.25, 0.3) is 0 Å². The van der Waals surface area contributed by atoms with Crippen molar-refractivity contribution < 1.29 is 158 Å². The van der Waals surface area contributed by atoms with Crippen molar-refractivity contribution in [3.63, 3.8) is 0 Å². The van der Waals surface area contributed by atoms with Gasteiger partial charge in [0, 0.05) is 0 Å². The van der Waals surface area contributed by atoms with Crippen molar-refractivity contribution in [1.82, 2.24) is 0 Å². The van der Waals surface area contributed by atoms with Crippen molar-refractivity contribution in [2.45, 2.75) is 117 Å². The van der Waals surface area contributed by atoms with Gasteiger partial charge in [0.2, 0.25) is 0 Å². The molecule has 36 heteroatoms. The average Bonchev–Trinajstić information content (AvgIpc) is 2.97. The molecule has 3 rings (SSSR count). The second kappa shape index (κ2) is 10.1. The highest BCUT2D eigenvalue weighted by Gasteiger charge is 3.20. The Morgan fingerprint density at radius 2 is 0.304 bits per heavy atom. The van der Waals surface area contributed by atoms with Crippen LogP contribution in [-0.4, -0.2) is 117 Å². The molecule has 0 spiro atoms. The lowest BCUT2D eigenvalue weighted by Gasteiger charge is -2.67. The van der Waals surface area contributed by atoms with Gasteiger partial charge in [-0.1, -0.05) is 0 Å². The van der Waals surface area contributed by atoms with Gasteiger partial charge in [-0.15, -0.1) is 0 Å². The van der Waals surface area contributed by atoms with Gasteiger partial charge in [0.25, 0.3) is 22.7 Å². The predicted molar refractivity (Wildman–Crippen MR) is 94.5 cm³/mol. The van der Waals surface area contributed by atoms with Crippen LogP contribution >= 0.6 is 0 Å². The van der Waals surface area contributed by atoms with Crippen molar-refractivity contribution in [2.24, 2.45) is 0 Å². The van der Waals surface area contributed by atoms with Crippen LogP contribution in [0, 0.1) is 0 Å². The maximum absolute atomic E-state index is 15.9. The van der Waals surface area contributed by atoms with Gasteiger partial charge in [0.15, 0.2) is 0 Å². The third-order valence-electron chi connectivity index (χ3n) is 9.29. The van der Waals surface area contributed by atoms with Gasteiger partial charge in [-0.3, -0.25) is 0 Å². The first kappa shape index (κ1) is 47.9. The Labute approximate surface area is 277 Å². The van der Waals surface area contributed by atoms with E-state index in [1.807, 2.05) is 0 Å². The smallest absolute Gasteiger partial charge is 0.226 e. The van der Waals surface area contributed by atoms with Gasteiger partial charge in [0.05, 0.1) is 0 Å². The van der Waals surface area contributed by atoms with E-state index < -0.39 is 117 Å². The zero-order chi connectivity index (χ0) is 46.0. The Morgan fingerprint density at radius 1 is 0.161 bits per heavy atom. The molecule has 56 heavy (non-hydrogen) atoms. The van der Waals surface area contributed by atoms with Crippen LogP contribution < -0.4 is 0 Å². The normalized spacial score (nSPS) is 44.8. The van der Waals surface area contributed by atoms with E-state index in [9.17, 15) is 132 Å². The zero-order valence-corrected chi connectivity index (χ0v) is 23.6. The Hall–Kier alpha value is -2.52. The molecule has 0 nitrogen and oxygen atoms in total. The van der Waals surface area contributed by atoms with Crippen LogP contribution in [0.4, 0.5) is 158 Å². The molecular formula is C20F36. The first-order chi connectivity index (χ1) is 23.5. The molecule has 3 aliphatic carbocycles. The minimum Gasteiger partial charge on any atom is -0.226 e. The Balaban J connectivity index is 2.95. The molecule has 0 N–H and O–H groups in total. The first-order valence-corrected chi connectivity index (χ1v) is 12.3. The molecule has 332 valence electrons. The summed E-state index contributed by atoms with van der Waals surface area (Å²) in [6.45, 7) is 0. The van der Waals surface area contributed by atoms with Crippen molar-refractivity contribution in [3.8, 4) is 0 Å². The summed E-state index contributed by atoms with van der Waals surface area (Å²) in [4.78, 5) is 0. The molecule has 0 aromatic rings. The van der Waals surface area contributed by atoms with E-state index in [1.165, 1.54) is 0 Å². The standard InChI is InChI=1S/C20F36/c21-1(3(23)8(29,30)5(25,19(51,52)53)14(41,42)17(47,48)12(3,37)38)7(27,28)2(22,11(35,36)16(45,46)10(1,33)34)4(24)9(31,32)6(26,20(54,55)56)15(43,44)18(49,50)13(4,39)40. The van der Waals surface area contributed by atoms with Crippen molar-refractivity contribution in [2.75, 3.05) is 0 Å². The summed E-state index contributed by atoms with van der Waals surface area (Å²) in [6, 6.07) is 0. The molecule has 3 fully saturated rings. The van der Waals surface area contributed by atoms with Gasteiger partial charge < -0.3 is 0 Å². The molecular weight excluding hydrogens is 924 g/mol. The fraction of sp³-hybridized carbons (Fsp3) is 1.00. The van der Waals surface area contributed by atoms with E-state index in [2.05, 4.69) is 0 Å². The third-order valence-corrected chi connectivity index (χ3v) is 9.29. The Bertz CT molecular complexity index is 1530. The molecule has 0 bridgehead atoms. The van der Waals surface area contributed by atoms with Gasteiger partial charge in [0.1, 0.15) is 0 Å². The minimum absolute atomic E-state index is 9.41. The predicted octanol–water partition coefficient (Wildman–Crippen LogP) is 11.0. The molecule has 0 saturated heterocycles. The molecule has 0 aromatic heterocycles. The molecule has 0 radical (unpaired) electrons. The molecule has 3 saturated carbocycles. The summed E-state index contributed by atoms with van der Waals surface area (Å²) in [5, 5.41) is 0. The summed E-state index contributed by atoms with van der Waals surface area (Å²) in [5.41, 5.74) is -65.2. The SMILES string of the molecule is FC(F)(F)C1(F)C(F)(F)C(F)(F)C(F)(F)C(F)(C2(F)C(F)(F)C(F)(F)C(F)(F)C(F)(C3(F)C(F)(F)C(F)(F)C(F)(F)C(F)(C(F)(F)F)C3(F)F)C2(F)F)C1(F)F. The van der Waals surface area contributed by atoms with E-state index >= 15 is 26.3 Å². The number of hydrogen-bond acceptors (Lipinski definition) is 0. The fourth-order valence-corrected chi connectivity index (χ4v) is 6.23. The van der Waals surface area contributed by atoms with Crippen molar-refractivity contribution in [1.29, 1.82) is 0 Å². The van der Waals surface area contributed by atoms with E-state index in [0.717, 1.165) is 0 Å². The summed E-state index contributed by atoms with van der Waals surface area (Å²) in [5.74, 6) is -124. The highest BCUT2D eigenvalue weighted by atomic mass is 19.4. The number of hydrogen-bond donors (Lipinski definition) is 0. The number of alkyl halides is 36. The minimum atomic E-state index is -11.4. The van der Waals surface area contributed by atoms with Gasteiger partial charge in [-0.25, -0.2) is 26.3 Å². The number of rotatable bonds is 2. The van der Waals surface area contributed by atoms with E-state index in [0.29, 0.717) is 0 Å². The summed E-state index contributed by atoms with van der Waals surface area (Å²) >= 11 is 0. The lowest BCUT2D eigenvalue weighted by Crippen LogP contribution is -3.02. The van der Waals surface area contributed by atoms with Gasteiger partial charge >= 0.3 is 94.8 Å². The van der Waals surface area contributed by atoms with Crippen LogP contribution in [0.1, 0.15) is 0 Å². The molecule has 6 atom stereocenters. The van der Waals surface area contributed by atoms with E-state index in [1.54, 1.807) is 0 Å². The summed E-state index contributed by atoms with van der Waals surface area (Å²) < 4.78 is 521. The number of halogens is 36. The second-order valence-corrected chi connectivity index (χ2v) is 11.8.